The highest BCUT2D eigenvalue weighted by atomic mass is 79.9. The van der Waals surface area contributed by atoms with E-state index in [0.717, 1.165) is 9.37 Å². The molecule has 0 saturated carbocycles. The van der Waals surface area contributed by atoms with Crippen molar-refractivity contribution in [3.63, 3.8) is 0 Å². The minimum Gasteiger partial charge on any atom is -0.325 e. The van der Waals surface area contributed by atoms with Gasteiger partial charge in [-0.05, 0) is 72.8 Å². The summed E-state index contributed by atoms with van der Waals surface area (Å²) in [6.07, 6.45) is 1.27. The van der Waals surface area contributed by atoms with Crippen LogP contribution in [-0.2, 0) is 9.59 Å². The Morgan fingerprint density at radius 3 is 2.10 bits per heavy atom. The van der Waals surface area contributed by atoms with Crippen molar-refractivity contribution in [3.8, 4) is 0 Å². The lowest BCUT2D eigenvalue weighted by Gasteiger charge is -2.12. The maximum atomic E-state index is 13.2. The smallest absolute Gasteiger partial charge is 0.276 e. The maximum absolute atomic E-state index is 13.2. The van der Waals surface area contributed by atoms with E-state index in [1.807, 2.05) is 12.1 Å². The number of amides is 3. The molecule has 3 N–H and O–H groups in total. The third kappa shape index (κ3) is 8.62. The first-order valence-electron chi connectivity index (χ1n) is 12.2. The van der Waals surface area contributed by atoms with Crippen LogP contribution >= 0.6 is 27.7 Å². The molecular weight excluding hydrogens is 608 g/mol. The minimum absolute atomic E-state index is 0.157. The second-order valence-corrected chi connectivity index (χ2v) is 10.5. The van der Waals surface area contributed by atoms with Crippen LogP contribution in [0.15, 0.2) is 118 Å². The first-order valence-corrected chi connectivity index (χ1v) is 14.0. The summed E-state index contributed by atoms with van der Waals surface area (Å²) in [6.45, 7) is 0. The molecular formula is C30H23BrN4O5S. The Morgan fingerprint density at radius 1 is 0.805 bits per heavy atom. The van der Waals surface area contributed by atoms with E-state index in [0.29, 0.717) is 16.9 Å². The molecule has 0 radical (unpaired) electrons. The average Bonchev–Trinajstić information content (AvgIpc) is 2.98. The van der Waals surface area contributed by atoms with Crippen molar-refractivity contribution in [1.82, 2.24) is 5.32 Å². The topological polar surface area (TPSA) is 130 Å². The van der Waals surface area contributed by atoms with E-state index in [4.69, 9.17) is 0 Å². The van der Waals surface area contributed by atoms with Gasteiger partial charge in [0.25, 0.3) is 17.5 Å². The Bertz CT molecular complexity index is 1590. The van der Waals surface area contributed by atoms with Crippen LogP contribution in [0.2, 0.25) is 0 Å². The summed E-state index contributed by atoms with van der Waals surface area (Å²) < 4.78 is 0.916. The molecule has 0 spiro atoms. The van der Waals surface area contributed by atoms with E-state index in [9.17, 15) is 24.5 Å². The van der Waals surface area contributed by atoms with Crippen LogP contribution in [0.3, 0.4) is 0 Å². The number of hydrogen-bond acceptors (Lipinski definition) is 6. The Kier molecular flexibility index (Phi) is 10.0. The number of nitro benzene ring substituents is 1. The lowest BCUT2D eigenvalue weighted by atomic mass is 10.1. The zero-order chi connectivity index (χ0) is 29.2. The quantitative estimate of drug-likeness (QED) is 0.0793. The molecule has 4 aromatic rings. The van der Waals surface area contributed by atoms with Crippen molar-refractivity contribution in [2.75, 3.05) is 16.4 Å². The zero-order valence-corrected chi connectivity index (χ0v) is 23.8. The van der Waals surface area contributed by atoms with Crippen LogP contribution < -0.4 is 16.0 Å². The lowest BCUT2D eigenvalue weighted by molar-refractivity contribution is -0.385. The predicted octanol–water partition coefficient (Wildman–Crippen LogP) is 6.50. The van der Waals surface area contributed by atoms with E-state index in [1.54, 1.807) is 72.8 Å². The number of nitrogens with zero attached hydrogens (tertiary/aromatic N) is 1. The van der Waals surface area contributed by atoms with Crippen LogP contribution in [0.5, 0.6) is 0 Å². The molecule has 0 aromatic heterocycles. The number of anilines is 2. The normalized spacial score (nSPS) is 10.9. The molecule has 0 aliphatic heterocycles. The molecule has 3 amide bonds. The van der Waals surface area contributed by atoms with Crippen molar-refractivity contribution in [2.45, 2.75) is 4.90 Å². The zero-order valence-electron chi connectivity index (χ0n) is 21.4. The second kappa shape index (κ2) is 14.1. The van der Waals surface area contributed by atoms with E-state index in [1.165, 1.54) is 36.0 Å². The Morgan fingerprint density at radius 2 is 1.41 bits per heavy atom. The molecule has 0 bridgehead atoms. The van der Waals surface area contributed by atoms with E-state index in [2.05, 4.69) is 31.9 Å². The summed E-state index contributed by atoms with van der Waals surface area (Å²) in [4.78, 5) is 50.1. The fourth-order valence-corrected chi connectivity index (χ4v) is 4.55. The van der Waals surface area contributed by atoms with Gasteiger partial charge in [-0.2, -0.15) is 0 Å². The van der Waals surface area contributed by atoms with E-state index < -0.39 is 16.7 Å². The molecule has 4 rings (SSSR count). The van der Waals surface area contributed by atoms with Gasteiger partial charge in [0.1, 0.15) is 5.70 Å². The van der Waals surface area contributed by atoms with Crippen molar-refractivity contribution in [2.24, 2.45) is 0 Å². The first kappa shape index (κ1) is 29.2. The number of thioether (sulfide) groups is 1. The van der Waals surface area contributed by atoms with E-state index >= 15 is 0 Å². The van der Waals surface area contributed by atoms with Gasteiger partial charge in [-0.25, -0.2) is 0 Å². The molecule has 11 heteroatoms. The minimum atomic E-state index is -0.665. The standard InChI is InChI=1S/C30H23BrN4O5S/c31-22-10-12-23(13-11-22)32-28(36)19-41-25-16-14-24(15-17-25)33-30(38)26(34-29(37)20-6-2-1-3-7-20)18-21-8-4-5-9-27(21)35(39)40/h1-18H,19H2,(H,32,36)(H,33,38)(H,34,37)/b26-18-. The highest BCUT2D eigenvalue weighted by Gasteiger charge is 2.18. The summed E-state index contributed by atoms with van der Waals surface area (Å²) in [5.74, 6) is -1.18. The van der Waals surface area contributed by atoms with E-state index in [-0.39, 0.29) is 28.6 Å². The molecule has 41 heavy (non-hydrogen) atoms. The predicted molar refractivity (Wildman–Crippen MR) is 164 cm³/mol. The summed E-state index contributed by atoms with van der Waals surface area (Å²) in [5, 5.41) is 19.6. The number of carbonyl (C=O) groups excluding carboxylic acids is 3. The number of hydrogen-bond donors (Lipinski definition) is 3. The summed E-state index contributed by atoms with van der Waals surface area (Å²) >= 11 is 4.69. The van der Waals surface area contributed by atoms with Gasteiger partial charge in [-0.1, -0.05) is 46.3 Å². The van der Waals surface area contributed by atoms with Gasteiger partial charge < -0.3 is 16.0 Å². The molecule has 0 aliphatic carbocycles. The van der Waals surface area contributed by atoms with Crippen LogP contribution in [0.4, 0.5) is 17.1 Å². The molecule has 9 nitrogen and oxygen atoms in total. The first-order chi connectivity index (χ1) is 19.8. The van der Waals surface area contributed by atoms with Gasteiger partial charge in [0.2, 0.25) is 5.91 Å². The number of para-hydroxylation sites is 1. The third-order valence-corrected chi connectivity index (χ3v) is 7.11. The van der Waals surface area contributed by atoms with Gasteiger partial charge >= 0.3 is 0 Å². The number of rotatable bonds is 10. The number of halogens is 1. The maximum Gasteiger partial charge on any atom is 0.276 e. The fourth-order valence-electron chi connectivity index (χ4n) is 3.59. The number of carbonyl (C=O) groups is 3. The van der Waals surface area contributed by atoms with Crippen LogP contribution in [0.1, 0.15) is 15.9 Å². The molecule has 0 fully saturated rings. The average molecular weight is 632 g/mol. The summed E-state index contributed by atoms with van der Waals surface area (Å²) in [7, 11) is 0. The number of nitrogens with one attached hydrogen (secondary N) is 3. The third-order valence-electron chi connectivity index (χ3n) is 5.57. The number of benzene rings is 4. The summed E-state index contributed by atoms with van der Waals surface area (Å²) in [5.41, 5.74) is 1.22. The van der Waals surface area contributed by atoms with Crippen LogP contribution in [0.25, 0.3) is 6.08 Å². The molecule has 0 atom stereocenters. The molecule has 0 unspecified atom stereocenters. The largest absolute Gasteiger partial charge is 0.325 e. The van der Waals surface area contributed by atoms with Crippen molar-refractivity contribution < 1.29 is 19.3 Å². The molecule has 0 heterocycles. The highest BCUT2D eigenvalue weighted by molar-refractivity contribution is 9.10. The second-order valence-electron chi connectivity index (χ2n) is 8.52. The van der Waals surface area contributed by atoms with Gasteiger partial charge in [0.15, 0.2) is 0 Å². The molecule has 0 saturated heterocycles. The Labute approximate surface area is 248 Å². The monoisotopic (exact) mass is 630 g/mol. The van der Waals surface area contributed by atoms with Gasteiger partial charge in [0.05, 0.1) is 16.2 Å². The Balaban J connectivity index is 1.45. The van der Waals surface area contributed by atoms with Crippen molar-refractivity contribution in [1.29, 1.82) is 0 Å². The van der Waals surface area contributed by atoms with Gasteiger partial charge in [-0.3, -0.25) is 24.5 Å². The number of nitro groups is 1. The molecule has 0 aliphatic rings. The van der Waals surface area contributed by atoms with Crippen LogP contribution in [-0.4, -0.2) is 28.4 Å². The van der Waals surface area contributed by atoms with Crippen molar-refractivity contribution in [3.05, 3.63) is 135 Å². The summed E-state index contributed by atoms with van der Waals surface area (Å²) in [6, 6.07) is 28.3. The van der Waals surface area contributed by atoms with Crippen molar-refractivity contribution >= 4 is 68.6 Å². The highest BCUT2D eigenvalue weighted by Crippen LogP contribution is 2.23. The molecule has 4 aromatic carbocycles. The fraction of sp³-hybridized carbons (Fsp3) is 0.0333. The van der Waals surface area contributed by atoms with Crippen LogP contribution in [0, 0.1) is 10.1 Å². The SMILES string of the molecule is O=C(CSc1ccc(NC(=O)/C(=C/c2ccccc2[N+](=O)[O-])NC(=O)c2ccccc2)cc1)Nc1ccc(Br)cc1. The Hall–Kier alpha value is -4.74. The van der Waals surface area contributed by atoms with Gasteiger partial charge in [-0.15, -0.1) is 11.8 Å². The molecule has 206 valence electrons. The lowest BCUT2D eigenvalue weighted by Crippen LogP contribution is -2.30. The van der Waals surface area contributed by atoms with Gasteiger partial charge in [0, 0.05) is 32.4 Å².